The molecule has 1 aromatic heterocycles. The number of rotatable bonds is 7. The van der Waals surface area contributed by atoms with Gasteiger partial charge in [-0.05, 0) is 37.1 Å². The third-order valence-electron chi connectivity index (χ3n) is 3.61. The molecule has 0 atom stereocenters. The molecule has 1 saturated carbocycles. The van der Waals surface area contributed by atoms with Crippen LogP contribution in [0.3, 0.4) is 0 Å². The van der Waals surface area contributed by atoms with E-state index in [1.54, 1.807) is 0 Å². The molecule has 1 fully saturated rings. The lowest BCUT2D eigenvalue weighted by atomic mass is 10.1. The average molecular weight is 317 g/mol. The number of carbonyl (C=O) groups excluding carboxylic acids is 2. The maximum Gasteiger partial charge on any atom is 0.246 e. The van der Waals surface area contributed by atoms with Crippen LogP contribution in [-0.4, -0.2) is 21.8 Å². The SMILES string of the molecule is O=C(CCC(=O)c1ccc(F)cc1)NCc1nc(C2CC2)no1. The molecule has 1 heterocycles. The highest BCUT2D eigenvalue weighted by molar-refractivity contribution is 5.97. The number of hydrogen-bond donors (Lipinski definition) is 1. The number of hydrogen-bond acceptors (Lipinski definition) is 5. The molecule has 1 aromatic carbocycles. The van der Waals surface area contributed by atoms with Crippen LogP contribution < -0.4 is 5.32 Å². The first kappa shape index (κ1) is 15.3. The van der Waals surface area contributed by atoms with Crippen molar-refractivity contribution in [1.29, 1.82) is 0 Å². The number of nitrogens with zero attached hydrogens (tertiary/aromatic N) is 2. The molecule has 0 unspecified atom stereocenters. The summed E-state index contributed by atoms with van der Waals surface area (Å²) in [7, 11) is 0. The van der Waals surface area contributed by atoms with Gasteiger partial charge in [-0.15, -0.1) is 0 Å². The smallest absolute Gasteiger partial charge is 0.246 e. The predicted molar refractivity (Wildman–Crippen MR) is 78.1 cm³/mol. The first-order chi connectivity index (χ1) is 11.1. The van der Waals surface area contributed by atoms with Crippen LogP contribution in [0.25, 0.3) is 0 Å². The highest BCUT2D eigenvalue weighted by Crippen LogP contribution is 2.38. The van der Waals surface area contributed by atoms with Crippen LogP contribution in [0.15, 0.2) is 28.8 Å². The van der Waals surface area contributed by atoms with Crippen molar-refractivity contribution < 1.29 is 18.5 Å². The minimum absolute atomic E-state index is 0.0554. The van der Waals surface area contributed by atoms with Gasteiger partial charge in [0, 0.05) is 24.3 Å². The minimum atomic E-state index is -0.399. The molecule has 1 amide bonds. The molecule has 7 heteroatoms. The van der Waals surface area contributed by atoms with Gasteiger partial charge < -0.3 is 9.84 Å². The van der Waals surface area contributed by atoms with Gasteiger partial charge in [0.25, 0.3) is 0 Å². The zero-order valence-corrected chi connectivity index (χ0v) is 12.4. The monoisotopic (exact) mass is 317 g/mol. The number of aromatic nitrogens is 2. The van der Waals surface area contributed by atoms with Crippen molar-refractivity contribution in [3.05, 3.63) is 47.4 Å². The Balaban J connectivity index is 1.41. The van der Waals surface area contributed by atoms with E-state index in [-0.39, 0.29) is 31.1 Å². The van der Waals surface area contributed by atoms with Crippen LogP contribution in [0, 0.1) is 5.82 Å². The van der Waals surface area contributed by atoms with Gasteiger partial charge in [-0.1, -0.05) is 5.16 Å². The molecule has 0 radical (unpaired) electrons. The molecule has 0 bridgehead atoms. The zero-order valence-electron chi connectivity index (χ0n) is 12.4. The van der Waals surface area contributed by atoms with E-state index in [1.165, 1.54) is 24.3 Å². The predicted octanol–water partition coefficient (Wildman–Crippen LogP) is 2.37. The molecule has 3 rings (SSSR count). The van der Waals surface area contributed by atoms with Gasteiger partial charge in [0.15, 0.2) is 11.6 Å². The minimum Gasteiger partial charge on any atom is -0.347 e. The summed E-state index contributed by atoms with van der Waals surface area (Å²) in [6.07, 6.45) is 2.28. The van der Waals surface area contributed by atoms with Gasteiger partial charge in [-0.3, -0.25) is 9.59 Å². The summed E-state index contributed by atoms with van der Waals surface area (Å²) in [4.78, 5) is 27.8. The molecule has 2 aromatic rings. The number of carbonyl (C=O) groups is 2. The van der Waals surface area contributed by atoms with Crippen molar-refractivity contribution in [2.24, 2.45) is 0 Å². The second-order valence-corrected chi connectivity index (χ2v) is 5.53. The fourth-order valence-corrected chi connectivity index (χ4v) is 2.12. The first-order valence-electron chi connectivity index (χ1n) is 7.50. The normalized spacial score (nSPS) is 13.8. The van der Waals surface area contributed by atoms with Crippen LogP contribution >= 0.6 is 0 Å². The molecule has 0 spiro atoms. The third kappa shape index (κ3) is 4.21. The number of ketones is 1. The lowest BCUT2D eigenvalue weighted by Gasteiger charge is -2.02. The second-order valence-electron chi connectivity index (χ2n) is 5.53. The molecular formula is C16H16FN3O3. The molecule has 120 valence electrons. The van der Waals surface area contributed by atoms with Gasteiger partial charge in [0.2, 0.25) is 11.8 Å². The molecular weight excluding hydrogens is 301 g/mol. The number of nitrogens with one attached hydrogen (secondary N) is 1. The van der Waals surface area contributed by atoms with Gasteiger partial charge in [-0.2, -0.15) is 4.98 Å². The first-order valence-corrected chi connectivity index (χ1v) is 7.50. The summed E-state index contributed by atoms with van der Waals surface area (Å²) in [6.45, 7) is 0.156. The standard InChI is InChI=1S/C16H16FN3O3/c17-12-5-3-10(4-6-12)13(21)7-8-14(22)18-9-15-19-16(20-23-15)11-1-2-11/h3-6,11H,1-2,7-9H2,(H,18,22). The number of amides is 1. The Bertz CT molecular complexity index is 708. The summed E-state index contributed by atoms with van der Waals surface area (Å²) in [5.74, 6) is 0.590. The van der Waals surface area contributed by atoms with Crippen molar-refractivity contribution in [3.8, 4) is 0 Å². The van der Waals surface area contributed by atoms with Crippen LogP contribution in [0.5, 0.6) is 0 Å². The summed E-state index contributed by atoms with van der Waals surface area (Å²) in [5, 5.41) is 6.50. The average Bonchev–Trinajstić information content (AvgIpc) is 3.30. The molecule has 0 saturated heterocycles. The summed E-state index contributed by atoms with van der Waals surface area (Å²) >= 11 is 0. The van der Waals surface area contributed by atoms with Crippen molar-refractivity contribution in [2.45, 2.75) is 38.1 Å². The lowest BCUT2D eigenvalue weighted by molar-refractivity contribution is -0.121. The number of benzene rings is 1. The summed E-state index contributed by atoms with van der Waals surface area (Å²) < 4.78 is 17.8. The molecule has 6 nitrogen and oxygen atoms in total. The fourth-order valence-electron chi connectivity index (χ4n) is 2.12. The van der Waals surface area contributed by atoms with Crippen molar-refractivity contribution in [1.82, 2.24) is 15.5 Å². The van der Waals surface area contributed by atoms with Gasteiger partial charge in [0.1, 0.15) is 5.82 Å². The molecule has 1 aliphatic carbocycles. The number of halogens is 1. The second kappa shape index (κ2) is 6.68. The highest BCUT2D eigenvalue weighted by Gasteiger charge is 2.28. The highest BCUT2D eigenvalue weighted by atomic mass is 19.1. The largest absolute Gasteiger partial charge is 0.347 e. The fraction of sp³-hybridized carbons (Fsp3) is 0.375. The van der Waals surface area contributed by atoms with E-state index in [2.05, 4.69) is 15.5 Å². The number of Topliss-reactive ketones (excluding diaryl/α,β-unsaturated/α-hetero) is 1. The Hall–Kier alpha value is -2.57. The van der Waals surface area contributed by atoms with E-state index in [4.69, 9.17) is 4.52 Å². The molecule has 1 aliphatic rings. The van der Waals surface area contributed by atoms with Gasteiger partial charge in [-0.25, -0.2) is 4.39 Å². The Morgan fingerprint density at radius 2 is 1.96 bits per heavy atom. The van der Waals surface area contributed by atoms with Gasteiger partial charge in [0.05, 0.1) is 6.54 Å². The van der Waals surface area contributed by atoms with Crippen LogP contribution in [0.1, 0.15) is 53.7 Å². The van der Waals surface area contributed by atoms with Crippen LogP contribution in [0.4, 0.5) is 4.39 Å². The quantitative estimate of drug-likeness (QED) is 0.792. The van der Waals surface area contributed by atoms with Gasteiger partial charge >= 0.3 is 0 Å². The third-order valence-corrected chi connectivity index (χ3v) is 3.61. The van der Waals surface area contributed by atoms with E-state index in [0.717, 1.165) is 12.8 Å². The Morgan fingerprint density at radius 1 is 1.22 bits per heavy atom. The Kier molecular flexibility index (Phi) is 4.45. The maximum atomic E-state index is 12.8. The van der Waals surface area contributed by atoms with Crippen molar-refractivity contribution in [2.75, 3.05) is 0 Å². The topological polar surface area (TPSA) is 85.1 Å². The maximum absolute atomic E-state index is 12.8. The van der Waals surface area contributed by atoms with Crippen LogP contribution in [0.2, 0.25) is 0 Å². The Morgan fingerprint density at radius 3 is 2.65 bits per heavy atom. The van der Waals surface area contributed by atoms with Crippen molar-refractivity contribution >= 4 is 11.7 Å². The molecule has 23 heavy (non-hydrogen) atoms. The lowest BCUT2D eigenvalue weighted by Crippen LogP contribution is -2.23. The van der Waals surface area contributed by atoms with Crippen molar-refractivity contribution in [3.63, 3.8) is 0 Å². The Labute approximate surface area is 132 Å². The van der Waals surface area contributed by atoms with E-state index >= 15 is 0 Å². The molecule has 0 aliphatic heterocycles. The van der Waals surface area contributed by atoms with E-state index in [1.807, 2.05) is 0 Å². The zero-order chi connectivity index (χ0) is 16.2. The van der Waals surface area contributed by atoms with E-state index in [0.29, 0.717) is 23.2 Å². The molecule has 1 N–H and O–H groups in total. The van der Waals surface area contributed by atoms with E-state index < -0.39 is 5.82 Å². The van der Waals surface area contributed by atoms with Crippen LogP contribution in [-0.2, 0) is 11.3 Å². The van der Waals surface area contributed by atoms with E-state index in [9.17, 15) is 14.0 Å². The summed E-state index contributed by atoms with van der Waals surface area (Å²) in [6, 6.07) is 5.27. The summed E-state index contributed by atoms with van der Waals surface area (Å²) in [5.41, 5.74) is 0.394.